The molecule has 0 atom stereocenters. The molecular weight excluding hydrogens is 384 g/mol. The van der Waals surface area contributed by atoms with Gasteiger partial charge in [0.1, 0.15) is 29.2 Å². The van der Waals surface area contributed by atoms with Crippen LogP contribution < -0.4 is 10.1 Å². The number of thiophene rings is 1. The molecule has 0 spiro atoms. The van der Waals surface area contributed by atoms with Gasteiger partial charge in [0.2, 0.25) is 0 Å². The Morgan fingerprint density at radius 2 is 1.97 bits per heavy atom. The second-order valence-electron chi connectivity index (χ2n) is 7.36. The van der Waals surface area contributed by atoms with Crippen LogP contribution >= 0.6 is 11.3 Å². The van der Waals surface area contributed by atoms with Crippen molar-refractivity contribution in [3.8, 4) is 11.8 Å². The summed E-state index contributed by atoms with van der Waals surface area (Å²) >= 11 is 1.51. The van der Waals surface area contributed by atoms with Crippen LogP contribution in [-0.4, -0.2) is 5.91 Å². The van der Waals surface area contributed by atoms with Crippen LogP contribution in [0.2, 0.25) is 0 Å². The van der Waals surface area contributed by atoms with Gasteiger partial charge in [-0.15, -0.1) is 11.3 Å². The average molecular weight is 407 g/mol. The Morgan fingerprint density at radius 1 is 1.21 bits per heavy atom. The van der Waals surface area contributed by atoms with E-state index in [1.165, 1.54) is 16.2 Å². The fourth-order valence-electron chi connectivity index (χ4n) is 3.69. The molecule has 1 aliphatic carbocycles. The van der Waals surface area contributed by atoms with Crippen molar-refractivity contribution in [2.45, 2.75) is 46.1 Å². The minimum absolute atomic E-state index is 0.208. The number of anilines is 1. The lowest BCUT2D eigenvalue weighted by Crippen LogP contribution is -2.11. The van der Waals surface area contributed by atoms with Crippen molar-refractivity contribution in [2.75, 3.05) is 5.32 Å². The van der Waals surface area contributed by atoms with Crippen molar-refractivity contribution >= 4 is 22.2 Å². The number of fused-ring (bicyclic) bond motifs is 1. The molecule has 1 amide bonds. The summed E-state index contributed by atoms with van der Waals surface area (Å²) in [6, 6.07) is 11.6. The summed E-state index contributed by atoms with van der Waals surface area (Å²) < 4.78 is 11.5. The lowest BCUT2D eigenvalue weighted by atomic mass is 9.96. The average Bonchev–Trinajstić information content (AvgIpc) is 3.29. The minimum atomic E-state index is -0.349. The van der Waals surface area contributed by atoms with Crippen LogP contribution in [0.1, 0.15) is 56.3 Å². The van der Waals surface area contributed by atoms with Crippen LogP contribution in [0.15, 0.2) is 34.7 Å². The molecule has 2 aromatic heterocycles. The maximum absolute atomic E-state index is 12.6. The number of ether oxygens (including phenoxy) is 1. The third-order valence-corrected chi connectivity index (χ3v) is 6.18. The number of carbonyl (C=O) groups excluding carboxylic acids is 1. The fraction of sp³-hybridized carbons (Fsp3) is 0.304. The van der Waals surface area contributed by atoms with Gasteiger partial charge in [-0.1, -0.05) is 6.07 Å². The van der Waals surface area contributed by atoms with Crippen molar-refractivity contribution in [1.29, 1.82) is 5.26 Å². The predicted octanol–water partition coefficient (Wildman–Crippen LogP) is 5.54. The van der Waals surface area contributed by atoms with E-state index in [-0.39, 0.29) is 18.3 Å². The highest BCUT2D eigenvalue weighted by atomic mass is 32.1. The maximum atomic E-state index is 12.6. The lowest BCUT2D eigenvalue weighted by molar-refractivity contribution is 0.0993. The summed E-state index contributed by atoms with van der Waals surface area (Å²) in [5.41, 5.74) is 3.96. The van der Waals surface area contributed by atoms with Crippen LogP contribution in [0.4, 0.5) is 5.00 Å². The summed E-state index contributed by atoms with van der Waals surface area (Å²) in [4.78, 5) is 13.8. The molecule has 29 heavy (non-hydrogen) atoms. The maximum Gasteiger partial charge on any atom is 0.292 e. The van der Waals surface area contributed by atoms with E-state index in [1.54, 1.807) is 12.1 Å². The molecule has 1 N–H and O–H groups in total. The molecule has 5 nitrogen and oxygen atoms in total. The molecule has 4 rings (SSSR count). The van der Waals surface area contributed by atoms with Crippen molar-refractivity contribution < 1.29 is 13.9 Å². The Labute approximate surface area is 173 Å². The quantitative estimate of drug-likeness (QED) is 0.604. The number of benzene rings is 1. The first-order valence-electron chi connectivity index (χ1n) is 9.69. The number of amides is 1. The fourth-order valence-corrected chi connectivity index (χ4v) is 4.92. The number of hydrogen-bond donors (Lipinski definition) is 1. The molecular formula is C23H22N2O3S. The molecule has 0 saturated carbocycles. The Hall–Kier alpha value is -3.04. The van der Waals surface area contributed by atoms with Crippen LogP contribution in [0.3, 0.4) is 0 Å². The van der Waals surface area contributed by atoms with E-state index in [4.69, 9.17) is 9.15 Å². The van der Waals surface area contributed by atoms with Gasteiger partial charge in [0.05, 0.1) is 5.56 Å². The highest BCUT2D eigenvalue weighted by Gasteiger charge is 2.23. The number of carbonyl (C=O) groups is 1. The van der Waals surface area contributed by atoms with Gasteiger partial charge in [-0.05, 0) is 80.5 Å². The first kappa shape index (κ1) is 19.3. The van der Waals surface area contributed by atoms with Gasteiger partial charge in [-0.25, -0.2) is 0 Å². The highest BCUT2D eigenvalue weighted by Crippen LogP contribution is 2.37. The summed E-state index contributed by atoms with van der Waals surface area (Å²) in [6.07, 6.45) is 4.11. The Balaban J connectivity index is 1.44. The molecule has 148 valence electrons. The lowest BCUT2D eigenvalue weighted by Gasteiger charge is -2.09. The molecule has 0 saturated heterocycles. The molecule has 1 aliphatic rings. The highest BCUT2D eigenvalue weighted by molar-refractivity contribution is 7.16. The zero-order valence-electron chi connectivity index (χ0n) is 16.5. The summed E-state index contributed by atoms with van der Waals surface area (Å²) in [6.45, 7) is 4.28. The number of furan rings is 1. The Kier molecular flexibility index (Phi) is 5.41. The van der Waals surface area contributed by atoms with Gasteiger partial charge in [-0.3, -0.25) is 4.79 Å². The van der Waals surface area contributed by atoms with Gasteiger partial charge in [-0.2, -0.15) is 5.26 Å². The largest absolute Gasteiger partial charge is 0.486 e. The summed E-state index contributed by atoms with van der Waals surface area (Å²) in [7, 11) is 0. The van der Waals surface area contributed by atoms with Gasteiger partial charge < -0.3 is 14.5 Å². The smallest absolute Gasteiger partial charge is 0.292 e. The van der Waals surface area contributed by atoms with Crippen molar-refractivity contribution in [3.63, 3.8) is 0 Å². The standard InChI is InChI=1S/C23H22N2O3S/c1-14-9-15(2)11-17(10-14)27-13-16-7-8-20(28-16)22(26)25-23-19(12-24)18-5-3-4-6-21(18)29-23/h7-11H,3-6,13H2,1-2H3,(H,25,26). The van der Waals surface area contributed by atoms with E-state index < -0.39 is 0 Å². The number of nitrogens with zero attached hydrogens (tertiary/aromatic N) is 1. The predicted molar refractivity (Wildman–Crippen MR) is 113 cm³/mol. The first-order valence-corrected chi connectivity index (χ1v) is 10.5. The summed E-state index contributed by atoms with van der Waals surface area (Å²) in [5, 5.41) is 13.0. The summed E-state index contributed by atoms with van der Waals surface area (Å²) in [5.74, 6) is 1.20. The second kappa shape index (κ2) is 8.14. The van der Waals surface area contributed by atoms with Gasteiger partial charge in [0.25, 0.3) is 5.91 Å². The molecule has 3 aromatic rings. The second-order valence-corrected chi connectivity index (χ2v) is 8.46. The van der Waals surface area contributed by atoms with Gasteiger partial charge >= 0.3 is 0 Å². The zero-order valence-corrected chi connectivity index (χ0v) is 17.3. The molecule has 6 heteroatoms. The molecule has 2 heterocycles. The van der Waals surface area contributed by atoms with Crippen molar-refractivity contribution in [2.24, 2.45) is 0 Å². The molecule has 0 fully saturated rings. The van der Waals surface area contributed by atoms with E-state index >= 15 is 0 Å². The number of rotatable bonds is 5. The van der Waals surface area contributed by atoms with Crippen molar-refractivity contribution in [3.05, 3.63) is 69.0 Å². The molecule has 0 radical (unpaired) electrons. The SMILES string of the molecule is Cc1cc(C)cc(OCc2ccc(C(=O)Nc3sc4c(c3C#N)CCCC4)o2)c1. The Bertz CT molecular complexity index is 1080. The third kappa shape index (κ3) is 4.20. The zero-order chi connectivity index (χ0) is 20.4. The number of aryl methyl sites for hydroxylation is 3. The number of hydrogen-bond acceptors (Lipinski definition) is 5. The van der Waals surface area contributed by atoms with E-state index in [0.29, 0.717) is 16.3 Å². The van der Waals surface area contributed by atoms with Crippen LogP contribution in [0.5, 0.6) is 5.75 Å². The van der Waals surface area contributed by atoms with Crippen LogP contribution in [-0.2, 0) is 19.4 Å². The van der Waals surface area contributed by atoms with E-state index in [2.05, 4.69) is 17.5 Å². The van der Waals surface area contributed by atoms with E-state index in [1.807, 2.05) is 26.0 Å². The number of nitriles is 1. The Morgan fingerprint density at radius 3 is 2.72 bits per heavy atom. The number of nitrogens with one attached hydrogen (secondary N) is 1. The molecule has 0 aliphatic heterocycles. The van der Waals surface area contributed by atoms with Crippen LogP contribution in [0, 0.1) is 25.2 Å². The minimum Gasteiger partial charge on any atom is -0.486 e. The molecule has 0 unspecified atom stereocenters. The monoisotopic (exact) mass is 406 g/mol. The first-order chi connectivity index (χ1) is 14.0. The van der Waals surface area contributed by atoms with Crippen LogP contribution in [0.25, 0.3) is 0 Å². The topological polar surface area (TPSA) is 75.3 Å². The van der Waals surface area contributed by atoms with E-state index in [0.717, 1.165) is 48.1 Å². The van der Waals surface area contributed by atoms with Gasteiger partial charge in [0, 0.05) is 4.88 Å². The van der Waals surface area contributed by atoms with Gasteiger partial charge in [0.15, 0.2) is 5.76 Å². The van der Waals surface area contributed by atoms with Crippen molar-refractivity contribution in [1.82, 2.24) is 0 Å². The normalized spacial score (nSPS) is 12.9. The molecule has 1 aromatic carbocycles. The third-order valence-electron chi connectivity index (χ3n) is 4.97. The van der Waals surface area contributed by atoms with E-state index in [9.17, 15) is 10.1 Å². The molecule has 0 bridgehead atoms.